The second kappa shape index (κ2) is 9.85. The molecule has 37 heavy (non-hydrogen) atoms. The number of carboxylic acid groups (broad SMARTS) is 1. The van der Waals surface area contributed by atoms with E-state index in [0.29, 0.717) is 17.9 Å². The zero-order valence-corrected chi connectivity index (χ0v) is 20.4. The number of nitrogens with one attached hydrogen (secondary N) is 1. The number of pyridine rings is 1. The van der Waals surface area contributed by atoms with Gasteiger partial charge in [-0.25, -0.2) is 19.3 Å². The normalized spacial score (nSPS) is 19.3. The number of aliphatic carboxylic acids is 1. The highest BCUT2D eigenvalue weighted by Crippen LogP contribution is 2.40. The highest BCUT2D eigenvalue weighted by Gasteiger charge is 2.54. The SMILES string of the molecule is CON=C(C(=O)NC1C(=O)N2C(C(=O)O)=C(C[n+]3ccc4ccccc4c3)CS[C@@H]12)c1cnc(N)nc1. The van der Waals surface area contributed by atoms with Crippen LogP contribution in [0.15, 0.2) is 71.5 Å². The highest BCUT2D eigenvalue weighted by molar-refractivity contribution is 8.00. The largest absolute Gasteiger partial charge is 0.477 e. The minimum Gasteiger partial charge on any atom is -0.477 e. The van der Waals surface area contributed by atoms with Crippen molar-refractivity contribution in [2.75, 3.05) is 18.6 Å². The number of nitrogens with two attached hydrogens (primary N) is 1. The molecule has 12 nitrogen and oxygen atoms in total. The van der Waals surface area contributed by atoms with Crippen molar-refractivity contribution in [2.24, 2.45) is 5.16 Å². The number of carbonyl (C=O) groups excluding carboxylic acids is 2. The molecule has 2 amide bonds. The highest BCUT2D eigenvalue weighted by atomic mass is 32.2. The van der Waals surface area contributed by atoms with Crippen LogP contribution in [-0.2, 0) is 25.8 Å². The summed E-state index contributed by atoms with van der Waals surface area (Å²) >= 11 is 1.39. The first-order chi connectivity index (χ1) is 17.9. The molecule has 0 aliphatic carbocycles. The molecule has 0 radical (unpaired) electrons. The molecule has 3 aromatic rings. The Labute approximate surface area is 214 Å². The predicted octanol–water partition coefficient (Wildman–Crippen LogP) is 0.289. The van der Waals surface area contributed by atoms with Crippen LogP contribution in [0, 0.1) is 0 Å². The molecule has 4 heterocycles. The first kappa shape index (κ1) is 24.2. The minimum absolute atomic E-state index is 0.0231. The molecule has 2 atom stereocenters. The van der Waals surface area contributed by atoms with Crippen molar-refractivity contribution in [1.82, 2.24) is 20.2 Å². The second-order valence-corrected chi connectivity index (χ2v) is 9.42. The minimum atomic E-state index is -1.19. The van der Waals surface area contributed by atoms with Crippen molar-refractivity contribution in [3.8, 4) is 0 Å². The summed E-state index contributed by atoms with van der Waals surface area (Å²) in [5, 5.41) is 17.9. The number of carboxylic acids is 1. The summed E-state index contributed by atoms with van der Waals surface area (Å²) in [5.74, 6) is -2.00. The van der Waals surface area contributed by atoms with Crippen LogP contribution in [0.25, 0.3) is 10.8 Å². The lowest BCUT2D eigenvalue weighted by atomic mass is 10.0. The average molecular weight is 521 g/mol. The van der Waals surface area contributed by atoms with Crippen LogP contribution in [0.1, 0.15) is 5.56 Å². The van der Waals surface area contributed by atoms with Crippen molar-refractivity contribution in [3.63, 3.8) is 0 Å². The number of thioether (sulfide) groups is 1. The van der Waals surface area contributed by atoms with Gasteiger partial charge in [0.15, 0.2) is 24.7 Å². The van der Waals surface area contributed by atoms with Crippen molar-refractivity contribution in [2.45, 2.75) is 18.0 Å². The molecule has 1 unspecified atom stereocenters. The Balaban J connectivity index is 1.36. The van der Waals surface area contributed by atoms with Gasteiger partial charge in [0, 0.05) is 40.7 Å². The maximum atomic E-state index is 13.1. The fourth-order valence-corrected chi connectivity index (χ4v) is 5.62. The molecular formula is C24H22N7O5S+. The molecule has 2 aliphatic heterocycles. The van der Waals surface area contributed by atoms with E-state index in [1.807, 2.05) is 47.3 Å². The van der Waals surface area contributed by atoms with E-state index in [1.54, 1.807) is 0 Å². The van der Waals surface area contributed by atoms with Crippen molar-refractivity contribution < 1.29 is 28.9 Å². The molecule has 0 saturated carbocycles. The average Bonchev–Trinajstić information content (AvgIpc) is 2.90. The second-order valence-electron chi connectivity index (χ2n) is 8.32. The van der Waals surface area contributed by atoms with Crippen LogP contribution in [-0.4, -0.2) is 67.7 Å². The molecule has 1 saturated heterocycles. The van der Waals surface area contributed by atoms with E-state index in [2.05, 4.69) is 20.4 Å². The van der Waals surface area contributed by atoms with Crippen LogP contribution in [0.2, 0.25) is 0 Å². The number of rotatable bonds is 7. The Kier molecular flexibility index (Phi) is 6.44. The van der Waals surface area contributed by atoms with E-state index >= 15 is 0 Å². The summed E-state index contributed by atoms with van der Waals surface area (Å²) in [6, 6.07) is 8.89. The Morgan fingerprint density at radius 3 is 2.70 bits per heavy atom. The molecule has 1 aromatic carbocycles. The number of nitrogens with zero attached hydrogens (tertiary/aromatic N) is 5. The number of aromatic nitrogens is 3. The monoisotopic (exact) mass is 520 g/mol. The summed E-state index contributed by atoms with van der Waals surface area (Å²) in [6.07, 6.45) is 6.44. The first-order valence-electron chi connectivity index (χ1n) is 11.1. The molecule has 0 bridgehead atoms. The van der Waals surface area contributed by atoms with Gasteiger partial charge < -0.3 is 21.0 Å². The van der Waals surface area contributed by atoms with E-state index in [4.69, 9.17) is 10.6 Å². The quantitative estimate of drug-likeness (QED) is 0.172. The summed E-state index contributed by atoms with van der Waals surface area (Å²) in [6.45, 7) is 0.314. The van der Waals surface area contributed by atoms with E-state index in [0.717, 1.165) is 10.8 Å². The van der Waals surface area contributed by atoms with E-state index in [9.17, 15) is 19.5 Å². The van der Waals surface area contributed by atoms with Crippen molar-refractivity contribution >= 4 is 52.0 Å². The molecule has 188 valence electrons. The predicted molar refractivity (Wildman–Crippen MR) is 134 cm³/mol. The maximum Gasteiger partial charge on any atom is 0.352 e. The zero-order chi connectivity index (χ0) is 26.1. The Morgan fingerprint density at radius 2 is 2.00 bits per heavy atom. The van der Waals surface area contributed by atoms with Crippen molar-refractivity contribution in [3.05, 3.63) is 72.0 Å². The van der Waals surface area contributed by atoms with Crippen molar-refractivity contribution in [1.29, 1.82) is 0 Å². The lowest BCUT2D eigenvalue weighted by Gasteiger charge is -2.49. The molecule has 5 rings (SSSR count). The lowest BCUT2D eigenvalue weighted by Crippen LogP contribution is -2.71. The standard InChI is InChI=1S/C24H21N7O5S/c1-36-29-17(15-8-26-24(25)27-9-15)20(32)28-18-21(33)31-19(23(34)35)16(12-37-22(18)31)11-30-7-6-13-4-2-3-5-14(13)10-30/h2-10,18,22H,11-12H2,1H3,(H3-,25,26,27,28,29,32,34,35)/p+1/t18?,22-/m0/s1. The third-order valence-corrected chi connectivity index (χ3v) is 7.34. The summed E-state index contributed by atoms with van der Waals surface area (Å²) in [4.78, 5) is 51.9. The van der Waals surface area contributed by atoms with E-state index < -0.39 is 29.2 Å². The number of hydrogen-bond donors (Lipinski definition) is 3. The van der Waals surface area contributed by atoms with Crippen LogP contribution < -0.4 is 15.6 Å². The van der Waals surface area contributed by atoms with Crippen LogP contribution in [0.3, 0.4) is 0 Å². The number of benzene rings is 1. The van der Waals surface area contributed by atoms with Gasteiger partial charge in [-0.15, -0.1) is 11.8 Å². The number of nitrogen functional groups attached to an aromatic ring is 1. The molecule has 2 aliphatic rings. The fourth-order valence-electron chi connectivity index (χ4n) is 4.29. The molecule has 4 N–H and O–H groups in total. The third-order valence-electron chi connectivity index (χ3n) is 6.00. The Morgan fingerprint density at radius 1 is 1.27 bits per heavy atom. The van der Waals surface area contributed by atoms with Gasteiger partial charge in [-0.05, 0) is 11.5 Å². The summed E-state index contributed by atoms with van der Waals surface area (Å²) in [7, 11) is 1.28. The van der Waals surface area contributed by atoms with Crippen LogP contribution in [0.4, 0.5) is 5.95 Å². The molecule has 13 heteroatoms. The molecule has 1 fully saturated rings. The summed E-state index contributed by atoms with van der Waals surface area (Å²) in [5.41, 5.74) is 6.15. The van der Waals surface area contributed by atoms with Gasteiger partial charge in [-0.3, -0.25) is 14.5 Å². The lowest BCUT2D eigenvalue weighted by molar-refractivity contribution is -0.687. The van der Waals surface area contributed by atoms with Gasteiger partial charge in [0.1, 0.15) is 24.2 Å². The topological polar surface area (TPSA) is 164 Å². The Bertz CT molecular complexity index is 1470. The number of amides is 2. The number of fused-ring (bicyclic) bond motifs is 2. The number of β-lactam (4-membered cyclic amide) rings is 1. The number of anilines is 1. The van der Waals surface area contributed by atoms with Gasteiger partial charge in [-0.1, -0.05) is 23.4 Å². The molecule has 0 spiro atoms. The van der Waals surface area contributed by atoms with Gasteiger partial charge in [0.05, 0.1) is 0 Å². The third kappa shape index (κ3) is 4.56. The zero-order valence-electron chi connectivity index (χ0n) is 19.6. The van der Waals surface area contributed by atoms with Gasteiger partial charge in [0.2, 0.25) is 5.95 Å². The number of oxime groups is 1. The molecular weight excluding hydrogens is 498 g/mol. The van der Waals surface area contributed by atoms with Gasteiger partial charge >= 0.3 is 5.97 Å². The van der Waals surface area contributed by atoms with Gasteiger partial charge in [-0.2, -0.15) is 0 Å². The number of hydrogen-bond acceptors (Lipinski definition) is 9. The van der Waals surface area contributed by atoms with Crippen LogP contribution in [0.5, 0.6) is 0 Å². The van der Waals surface area contributed by atoms with Crippen LogP contribution >= 0.6 is 11.8 Å². The smallest absolute Gasteiger partial charge is 0.352 e. The van der Waals surface area contributed by atoms with E-state index in [1.165, 1.54) is 36.2 Å². The maximum absolute atomic E-state index is 13.1. The van der Waals surface area contributed by atoms with Gasteiger partial charge in [0.25, 0.3) is 11.8 Å². The molecule has 2 aromatic heterocycles. The fraction of sp³-hybridized carbons (Fsp3) is 0.208. The van der Waals surface area contributed by atoms with E-state index in [-0.39, 0.29) is 22.9 Å². The number of carbonyl (C=O) groups is 3. The Hall–Kier alpha value is -4.52. The summed E-state index contributed by atoms with van der Waals surface area (Å²) < 4.78 is 1.90. The first-order valence-corrected chi connectivity index (χ1v) is 12.2.